The maximum absolute atomic E-state index is 12.4. The van der Waals surface area contributed by atoms with Crippen molar-refractivity contribution in [1.29, 1.82) is 0 Å². The van der Waals surface area contributed by atoms with E-state index in [1.165, 1.54) is 19.2 Å². The van der Waals surface area contributed by atoms with Gasteiger partial charge in [-0.05, 0) is 49.2 Å². The Hall–Kier alpha value is -3.68. The van der Waals surface area contributed by atoms with Crippen molar-refractivity contribution in [1.82, 2.24) is 0 Å². The fraction of sp³-hybridized carbons (Fsp3) is 0.238. The van der Waals surface area contributed by atoms with Gasteiger partial charge < -0.3 is 13.9 Å². The molecule has 0 aliphatic rings. The number of non-ortho nitro benzene ring substituents is 1. The monoisotopic (exact) mass is 397 g/mol. The van der Waals surface area contributed by atoms with Gasteiger partial charge in [-0.1, -0.05) is 0 Å². The van der Waals surface area contributed by atoms with Gasteiger partial charge in [0.05, 0.1) is 24.0 Å². The van der Waals surface area contributed by atoms with Crippen LogP contribution in [-0.2, 0) is 22.6 Å². The summed E-state index contributed by atoms with van der Waals surface area (Å²) in [6.07, 6.45) is -0.155. The average Bonchev–Trinajstić information content (AvgIpc) is 2.71. The number of ether oxygens (including phenoxy) is 2. The smallest absolute Gasteiger partial charge is 0.340 e. The number of fused-ring (bicyclic) bond motifs is 1. The lowest BCUT2D eigenvalue weighted by molar-refractivity contribution is -0.384. The molecule has 3 aromatic rings. The van der Waals surface area contributed by atoms with E-state index in [-0.39, 0.29) is 24.3 Å². The molecule has 0 aliphatic heterocycles. The van der Waals surface area contributed by atoms with Crippen LogP contribution in [-0.4, -0.2) is 18.0 Å². The minimum absolute atomic E-state index is 0.00986. The van der Waals surface area contributed by atoms with Gasteiger partial charge in [0.1, 0.15) is 17.9 Å². The third kappa shape index (κ3) is 4.11. The van der Waals surface area contributed by atoms with Crippen molar-refractivity contribution in [2.45, 2.75) is 26.9 Å². The minimum Gasteiger partial charge on any atom is -0.488 e. The molecule has 0 aliphatic carbocycles. The van der Waals surface area contributed by atoms with E-state index < -0.39 is 16.5 Å². The normalized spacial score (nSPS) is 10.7. The van der Waals surface area contributed by atoms with Crippen molar-refractivity contribution in [3.05, 3.63) is 79.2 Å². The van der Waals surface area contributed by atoms with E-state index in [0.717, 1.165) is 5.56 Å². The van der Waals surface area contributed by atoms with Crippen LogP contribution in [0.4, 0.5) is 5.69 Å². The number of esters is 1. The molecular weight excluding hydrogens is 378 g/mol. The lowest BCUT2D eigenvalue weighted by Crippen LogP contribution is -2.16. The molecule has 0 amide bonds. The predicted molar refractivity (Wildman–Crippen MR) is 105 cm³/mol. The quantitative estimate of drug-likeness (QED) is 0.270. The van der Waals surface area contributed by atoms with Gasteiger partial charge >= 0.3 is 11.6 Å². The lowest BCUT2D eigenvalue weighted by atomic mass is 10.0. The van der Waals surface area contributed by atoms with E-state index in [2.05, 4.69) is 4.74 Å². The van der Waals surface area contributed by atoms with Crippen molar-refractivity contribution < 1.29 is 23.6 Å². The first-order valence-corrected chi connectivity index (χ1v) is 8.80. The van der Waals surface area contributed by atoms with Crippen LogP contribution in [0.25, 0.3) is 11.0 Å². The molecule has 8 heteroatoms. The molecule has 150 valence electrons. The summed E-state index contributed by atoms with van der Waals surface area (Å²) in [5.41, 5.74) is 2.15. The molecule has 1 heterocycles. The highest BCUT2D eigenvalue weighted by Crippen LogP contribution is 2.30. The van der Waals surface area contributed by atoms with Gasteiger partial charge in [-0.2, -0.15) is 0 Å². The van der Waals surface area contributed by atoms with Crippen molar-refractivity contribution in [2.24, 2.45) is 0 Å². The number of nitro benzene ring substituents is 1. The summed E-state index contributed by atoms with van der Waals surface area (Å²) in [4.78, 5) is 34.2. The van der Waals surface area contributed by atoms with Gasteiger partial charge in [-0.15, -0.1) is 0 Å². The van der Waals surface area contributed by atoms with E-state index >= 15 is 0 Å². The first kappa shape index (κ1) is 20.1. The number of hydrogen-bond donors (Lipinski definition) is 0. The summed E-state index contributed by atoms with van der Waals surface area (Å²) in [6, 6.07) is 9.61. The van der Waals surface area contributed by atoms with Crippen LogP contribution in [0, 0.1) is 24.0 Å². The molecule has 2 aromatic carbocycles. The van der Waals surface area contributed by atoms with E-state index in [0.29, 0.717) is 27.8 Å². The van der Waals surface area contributed by atoms with Crippen molar-refractivity contribution in [2.75, 3.05) is 7.11 Å². The molecule has 0 radical (unpaired) electrons. The van der Waals surface area contributed by atoms with Gasteiger partial charge in [-0.25, -0.2) is 4.79 Å². The topological polar surface area (TPSA) is 109 Å². The van der Waals surface area contributed by atoms with Gasteiger partial charge in [-0.3, -0.25) is 14.9 Å². The largest absolute Gasteiger partial charge is 0.488 e. The number of methoxy groups -OCH3 is 1. The van der Waals surface area contributed by atoms with Gasteiger partial charge in [0.2, 0.25) is 0 Å². The number of nitrogens with zero attached hydrogens (tertiary/aromatic N) is 1. The molecule has 0 saturated heterocycles. The summed E-state index contributed by atoms with van der Waals surface area (Å²) in [6.45, 7) is 3.73. The third-order valence-electron chi connectivity index (χ3n) is 4.74. The van der Waals surface area contributed by atoms with E-state index in [9.17, 15) is 19.7 Å². The second-order valence-electron chi connectivity index (χ2n) is 6.52. The molecule has 0 unspecified atom stereocenters. The van der Waals surface area contributed by atoms with Crippen LogP contribution in [0.5, 0.6) is 5.75 Å². The highest BCUT2D eigenvalue weighted by molar-refractivity contribution is 5.86. The summed E-state index contributed by atoms with van der Waals surface area (Å²) in [5, 5.41) is 11.4. The summed E-state index contributed by atoms with van der Waals surface area (Å²) in [5.74, 6) is 0.0126. The summed E-state index contributed by atoms with van der Waals surface area (Å²) in [7, 11) is 1.26. The first-order chi connectivity index (χ1) is 13.8. The van der Waals surface area contributed by atoms with Crippen LogP contribution in [0.2, 0.25) is 0 Å². The Morgan fingerprint density at radius 3 is 2.41 bits per heavy atom. The third-order valence-corrected chi connectivity index (χ3v) is 4.74. The molecule has 8 nitrogen and oxygen atoms in total. The van der Waals surface area contributed by atoms with Crippen molar-refractivity contribution in [3.63, 3.8) is 0 Å². The van der Waals surface area contributed by atoms with E-state index in [4.69, 9.17) is 9.15 Å². The van der Waals surface area contributed by atoms with E-state index in [1.54, 1.807) is 38.1 Å². The number of aryl methyl sites for hydroxylation is 2. The standard InChI is InChI=1S/C21H19NO7/c1-12-16-8-9-18(28-11-14-4-6-15(7-5-14)22(25)26)13(2)20(16)29-21(24)17(12)10-19(23)27-3/h4-9H,10-11H2,1-3H3. The SMILES string of the molecule is COC(=O)Cc1c(C)c2ccc(OCc3ccc([N+](=O)[O-])cc3)c(C)c2oc1=O. The molecule has 0 fully saturated rings. The molecule has 0 saturated carbocycles. The fourth-order valence-electron chi connectivity index (χ4n) is 3.02. The fourth-order valence-corrected chi connectivity index (χ4v) is 3.02. The summed E-state index contributed by atoms with van der Waals surface area (Å²) < 4.78 is 15.9. The Morgan fingerprint density at radius 2 is 1.79 bits per heavy atom. The molecule has 3 rings (SSSR count). The van der Waals surface area contributed by atoms with Crippen LogP contribution in [0.15, 0.2) is 45.6 Å². The Kier molecular flexibility index (Phi) is 5.63. The maximum atomic E-state index is 12.4. The molecule has 29 heavy (non-hydrogen) atoms. The van der Waals surface area contributed by atoms with Crippen LogP contribution < -0.4 is 10.4 Å². The van der Waals surface area contributed by atoms with Crippen molar-refractivity contribution in [3.8, 4) is 5.75 Å². The number of nitro groups is 1. The highest BCUT2D eigenvalue weighted by atomic mass is 16.6. The Balaban J connectivity index is 1.89. The zero-order valence-corrected chi connectivity index (χ0v) is 16.2. The molecule has 1 aromatic heterocycles. The number of rotatable bonds is 6. The lowest BCUT2D eigenvalue weighted by Gasteiger charge is -2.13. The Bertz CT molecular complexity index is 1150. The van der Waals surface area contributed by atoms with Crippen LogP contribution >= 0.6 is 0 Å². The van der Waals surface area contributed by atoms with Crippen LogP contribution in [0.3, 0.4) is 0 Å². The highest BCUT2D eigenvalue weighted by Gasteiger charge is 2.18. The summed E-state index contributed by atoms with van der Waals surface area (Å²) >= 11 is 0. The van der Waals surface area contributed by atoms with Crippen molar-refractivity contribution >= 4 is 22.6 Å². The zero-order chi connectivity index (χ0) is 21.1. The maximum Gasteiger partial charge on any atom is 0.340 e. The Morgan fingerprint density at radius 1 is 1.10 bits per heavy atom. The molecule has 0 N–H and O–H groups in total. The average molecular weight is 397 g/mol. The number of carbonyl (C=O) groups excluding carboxylic acids is 1. The molecule has 0 spiro atoms. The zero-order valence-electron chi connectivity index (χ0n) is 16.2. The second-order valence-corrected chi connectivity index (χ2v) is 6.52. The van der Waals surface area contributed by atoms with Gasteiger partial charge in [0.15, 0.2) is 0 Å². The van der Waals surface area contributed by atoms with Gasteiger partial charge in [0.25, 0.3) is 5.69 Å². The Labute approximate surface area is 165 Å². The van der Waals surface area contributed by atoms with Gasteiger partial charge in [0, 0.05) is 23.1 Å². The predicted octanol–water partition coefficient (Wildman–Crippen LogP) is 3.61. The molecule has 0 atom stereocenters. The number of hydrogen-bond acceptors (Lipinski definition) is 7. The first-order valence-electron chi connectivity index (χ1n) is 8.80. The van der Waals surface area contributed by atoms with E-state index in [1.807, 2.05) is 0 Å². The molecule has 0 bridgehead atoms. The second kappa shape index (κ2) is 8.14. The van der Waals surface area contributed by atoms with Crippen LogP contribution in [0.1, 0.15) is 22.3 Å². The molecular formula is C21H19NO7. The minimum atomic E-state index is -0.587. The number of benzene rings is 2. The number of carbonyl (C=O) groups is 1.